The van der Waals surface area contributed by atoms with Crippen LogP contribution in [0, 0.1) is 6.92 Å². The van der Waals surface area contributed by atoms with Crippen molar-refractivity contribution in [1.29, 1.82) is 0 Å². The smallest absolute Gasteiger partial charge is 0.251 e. The van der Waals surface area contributed by atoms with Gasteiger partial charge >= 0.3 is 0 Å². The largest absolute Gasteiger partial charge is 0.352 e. The Balaban J connectivity index is 1.65. The number of imidazole rings is 1. The van der Waals surface area contributed by atoms with Crippen molar-refractivity contribution < 1.29 is 13.2 Å². The molecule has 0 spiro atoms. The van der Waals surface area contributed by atoms with Crippen LogP contribution in [0.4, 0.5) is 0 Å². The van der Waals surface area contributed by atoms with Crippen molar-refractivity contribution >= 4 is 15.9 Å². The number of benzene rings is 1. The zero-order chi connectivity index (χ0) is 20.1. The van der Waals surface area contributed by atoms with Gasteiger partial charge in [0.15, 0.2) is 0 Å². The predicted octanol–water partition coefficient (Wildman–Crippen LogP) is 0.948. The van der Waals surface area contributed by atoms with Gasteiger partial charge in [-0.25, -0.2) is 13.4 Å². The summed E-state index contributed by atoms with van der Waals surface area (Å²) in [6, 6.07) is 4.77. The maximum absolute atomic E-state index is 12.9. The van der Waals surface area contributed by atoms with E-state index in [-0.39, 0.29) is 10.8 Å². The van der Waals surface area contributed by atoms with Crippen molar-refractivity contribution in [3.63, 3.8) is 0 Å². The molecule has 1 aliphatic rings. The molecule has 3 rings (SSSR count). The van der Waals surface area contributed by atoms with Gasteiger partial charge in [-0.2, -0.15) is 4.31 Å². The molecule has 0 aliphatic carbocycles. The molecule has 1 fully saturated rings. The van der Waals surface area contributed by atoms with Gasteiger partial charge in [0.05, 0.1) is 11.2 Å². The van der Waals surface area contributed by atoms with Gasteiger partial charge in [-0.3, -0.25) is 4.79 Å². The molecule has 0 bridgehead atoms. The van der Waals surface area contributed by atoms with Crippen molar-refractivity contribution in [1.82, 2.24) is 24.1 Å². The molecular formula is C19H27N5O3S. The Labute approximate surface area is 166 Å². The zero-order valence-electron chi connectivity index (χ0n) is 16.3. The summed E-state index contributed by atoms with van der Waals surface area (Å²) in [5, 5.41) is 2.88. The summed E-state index contributed by atoms with van der Waals surface area (Å²) in [4.78, 5) is 18.8. The second kappa shape index (κ2) is 8.85. The molecule has 2 aromatic rings. The Morgan fingerprint density at radius 2 is 1.96 bits per heavy atom. The molecule has 1 saturated heterocycles. The molecular weight excluding hydrogens is 378 g/mol. The zero-order valence-corrected chi connectivity index (χ0v) is 17.2. The van der Waals surface area contributed by atoms with Gasteiger partial charge < -0.3 is 14.8 Å². The van der Waals surface area contributed by atoms with Crippen LogP contribution in [-0.2, 0) is 16.6 Å². The molecule has 2 heterocycles. The van der Waals surface area contributed by atoms with Crippen molar-refractivity contribution in [3.05, 3.63) is 48.0 Å². The number of nitrogens with zero attached hydrogens (tertiary/aromatic N) is 4. The Bertz CT molecular complexity index is 904. The molecule has 1 aromatic carbocycles. The monoisotopic (exact) mass is 405 g/mol. The number of hydrogen-bond acceptors (Lipinski definition) is 5. The van der Waals surface area contributed by atoms with Crippen LogP contribution in [0.5, 0.6) is 0 Å². The summed E-state index contributed by atoms with van der Waals surface area (Å²) in [6.45, 7) is 5.41. The first-order valence-corrected chi connectivity index (χ1v) is 10.9. The first kappa shape index (κ1) is 20.5. The van der Waals surface area contributed by atoms with Crippen LogP contribution < -0.4 is 5.32 Å². The van der Waals surface area contributed by atoms with Crippen LogP contribution in [0.25, 0.3) is 0 Å². The summed E-state index contributed by atoms with van der Waals surface area (Å²) >= 11 is 0. The minimum absolute atomic E-state index is 0.172. The van der Waals surface area contributed by atoms with Gasteiger partial charge in [-0.05, 0) is 38.1 Å². The van der Waals surface area contributed by atoms with E-state index in [1.165, 1.54) is 10.4 Å². The fraction of sp³-hybridized carbons (Fsp3) is 0.474. The summed E-state index contributed by atoms with van der Waals surface area (Å²) in [5.74, 6) is -0.251. The van der Waals surface area contributed by atoms with E-state index in [1.807, 2.05) is 24.7 Å². The van der Waals surface area contributed by atoms with Gasteiger partial charge in [0, 0.05) is 57.2 Å². The van der Waals surface area contributed by atoms with Gasteiger partial charge in [0.1, 0.15) is 0 Å². The Morgan fingerprint density at radius 3 is 2.64 bits per heavy atom. The molecule has 0 atom stereocenters. The first-order chi connectivity index (χ1) is 13.4. The van der Waals surface area contributed by atoms with Gasteiger partial charge in [-0.15, -0.1) is 0 Å². The van der Waals surface area contributed by atoms with Crippen LogP contribution in [0.1, 0.15) is 22.3 Å². The summed E-state index contributed by atoms with van der Waals surface area (Å²) in [7, 11) is -1.62. The lowest BCUT2D eigenvalue weighted by molar-refractivity contribution is 0.0952. The second-order valence-corrected chi connectivity index (χ2v) is 9.03. The van der Waals surface area contributed by atoms with Gasteiger partial charge in [0.2, 0.25) is 10.0 Å². The molecule has 28 heavy (non-hydrogen) atoms. The normalized spacial score (nSPS) is 16.2. The number of nitrogens with one attached hydrogen (secondary N) is 1. The molecule has 1 N–H and O–H groups in total. The van der Waals surface area contributed by atoms with Gasteiger partial charge in [0.25, 0.3) is 5.91 Å². The van der Waals surface area contributed by atoms with Crippen LogP contribution in [0.3, 0.4) is 0 Å². The van der Waals surface area contributed by atoms with Crippen molar-refractivity contribution in [2.24, 2.45) is 0 Å². The number of hydrogen-bond donors (Lipinski definition) is 1. The molecule has 0 radical (unpaired) electrons. The van der Waals surface area contributed by atoms with Gasteiger partial charge in [-0.1, -0.05) is 6.07 Å². The molecule has 0 unspecified atom stereocenters. The third kappa shape index (κ3) is 4.78. The predicted molar refractivity (Wildman–Crippen MR) is 107 cm³/mol. The highest BCUT2D eigenvalue weighted by atomic mass is 32.2. The minimum Gasteiger partial charge on any atom is -0.352 e. The molecule has 9 heteroatoms. The van der Waals surface area contributed by atoms with Crippen molar-refractivity contribution in [2.75, 3.05) is 39.8 Å². The fourth-order valence-electron chi connectivity index (χ4n) is 3.16. The lowest BCUT2D eigenvalue weighted by atomic mass is 10.1. The number of carbonyl (C=O) groups is 1. The highest BCUT2D eigenvalue weighted by Crippen LogP contribution is 2.21. The molecule has 1 amide bonds. The summed E-state index contributed by atoms with van der Waals surface area (Å²) < 4.78 is 29.3. The number of sulfonamides is 1. The Morgan fingerprint density at radius 1 is 1.21 bits per heavy atom. The lowest BCUT2D eigenvalue weighted by Crippen LogP contribution is -2.47. The number of rotatable bonds is 7. The standard InChI is InChI=1S/C19H27N5O3S/c1-16-4-5-17(28(26,27)24-12-10-22(2)11-13-24)14-18(16)19(25)21-6-3-8-23-9-7-20-15-23/h4-5,7,9,14-15H,3,6,8,10-13H2,1-2H3,(H,21,25). The molecule has 152 valence electrons. The maximum atomic E-state index is 12.9. The topological polar surface area (TPSA) is 87.5 Å². The number of amides is 1. The fourth-order valence-corrected chi connectivity index (χ4v) is 4.61. The highest BCUT2D eigenvalue weighted by molar-refractivity contribution is 7.89. The third-order valence-corrected chi connectivity index (χ3v) is 6.89. The van der Waals surface area contributed by atoms with E-state index in [0.717, 1.165) is 18.5 Å². The lowest BCUT2D eigenvalue weighted by Gasteiger charge is -2.31. The van der Waals surface area contributed by atoms with E-state index in [1.54, 1.807) is 24.7 Å². The minimum atomic E-state index is -3.60. The SMILES string of the molecule is Cc1ccc(S(=O)(=O)N2CCN(C)CC2)cc1C(=O)NCCCn1ccnc1. The quantitative estimate of drug-likeness (QED) is 0.693. The van der Waals surface area contributed by atoms with E-state index in [2.05, 4.69) is 15.2 Å². The van der Waals surface area contributed by atoms with E-state index >= 15 is 0 Å². The van der Waals surface area contributed by atoms with E-state index in [4.69, 9.17) is 0 Å². The van der Waals surface area contributed by atoms with Crippen molar-refractivity contribution in [3.8, 4) is 0 Å². The molecule has 0 saturated carbocycles. The van der Waals surface area contributed by atoms with Crippen LogP contribution in [-0.4, -0.2) is 72.9 Å². The Kier molecular flexibility index (Phi) is 6.48. The average Bonchev–Trinajstić information content (AvgIpc) is 3.19. The van der Waals surface area contributed by atoms with E-state index in [9.17, 15) is 13.2 Å². The number of likely N-dealkylation sites (N-methyl/N-ethyl adjacent to an activating group) is 1. The van der Waals surface area contributed by atoms with E-state index in [0.29, 0.717) is 38.3 Å². The maximum Gasteiger partial charge on any atom is 0.251 e. The number of piperazine rings is 1. The van der Waals surface area contributed by atoms with Crippen molar-refractivity contribution in [2.45, 2.75) is 24.8 Å². The number of aryl methyl sites for hydroxylation is 2. The molecule has 1 aromatic heterocycles. The van der Waals surface area contributed by atoms with Crippen LogP contribution in [0.2, 0.25) is 0 Å². The first-order valence-electron chi connectivity index (χ1n) is 9.41. The second-order valence-electron chi connectivity index (χ2n) is 7.09. The van der Waals surface area contributed by atoms with Crippen LogP contribution >= 0.6 is 0 Å². The molecule has 1 aliphatic heterocycles. The summed E-state index contributed by atoms with van der Waals surface area (Å²) in [5.41, 5.74) is 1.15. The third-order valence-electron chi connectivity index (χ3n) is 4.99. The Hall–Kier alpha value is -2.23. The average molecular weight is 406 g/mol. The molecule has 8 nitrogen and oxygen atoms in total. The summed E-state index contributed by atoms with van der Waals surface area (Å²) in [6.07, 6.45) is 6.09. The number of aromatic nitrogens is 2. The van der Waals surface area contributed by atoms with Crippen LogP contribution in [0.15, 0.2) is 41.8 Å². The highest BCUT2D eigenvalue weighted by Gasteiger charge is 2.28. The number of carbonyl (C=O) groups excluding carboxylic acids is 1. The van der Waals surface area contributed by atoms with E-state index < -0.39 is 10.0 Å².